The number of pyridine rings is 1. The van der Waals surface area contributed by atoms with Crippen molar-refractivity contribution >= 4 is 17.0 Å². The molecule has 6 nitrogen and oxygen atoms in total. The van der Waals surface area contributed by atoms with Crippen LogP contribution in [0.15, 0.2) is 4.52 Å². The maximum absolute atomic E-state index is 13.2. The Labute approximate surface area is 153 Å². The Hall–Kier alpha value is -1.95. The van der Waals surface area contributed by atoms with Gasteiger partial charge in [-0.2, -0.15) is 0 Å². The van der Waals surface area contributed by atoms with Crippen molar-refractivity contribution in [3.63, 3.8) is 0 Å². The molecule has 3 aliphatic carbocycles. The van der Waals surface area contributed by atoms with Gasteiger partial charge in [0.25, 0.3) is 11.6 Å². The predicted octanol–water partition coefficient (Wildman–Crippen LogP) is 2.81. The molecule has 2 saturated carbocycles. The van der Waals surface area contributed by atoms with Crippen molar-refractivity contribution in [3.8, 4) is 0 Å². The molecule has 0 radical (unpaired) electrons. The first-order valence-corrected chi connectivity index (χ1v) is 10.1. The Balaban J connectivity index is 1.39. The van der Waals surface area contributed by atoms with Crippen molar-refractivity contribution in [1.82, 2.24) is 20.8 Å². The Morgan fingerprint density at radius 3 is 2.65 bits per heavy atom. The van der Waals surface area contributed by atoms with Gasteiger partial charge in [-0.1, -0.05) is 18.0 Å². The zero-order valence-electron chi connectivity index (χ0n) is 15.3. The first-order chi connectivity index (χ1) is 12.7. The van der Waals surface area contributed by atoms with Crippen LogP contribution in [0.1, 0.15) is 72.3 Å². The van der Waals surface area contributed by atoms with E-state index in [1.807, 2.05) is 6.92 Å². The summed E-state index contributed by atoms with van der Waals surface area (Å²) in [4.78, 5) is 17.8. The van der Waals surface area contributed by atoms with E-state index in [-0.39, 0.29) is 11.9 Å². The fourth-order valence-corrected chi connectivity index (χ4v) is 4.87. The molecule has 2 aromatic rings. The van der Waals surface area contributed by atoms with Crippen LogP contribution in [-0.2, 0) is 12.8 Å². The highest BCUT2D eigenvalue weighted by Gasteiger charge is 2.36. The second-order valence-corrected chi connectivity index (χ2v) is 8.13. The summed E-state index contributed by atoms with van der Waals surface area (Å²) in [5.41, 5.74) is 4.12. The van der Waals surface area contributed by atoms with Crippen LogP contribution in [0.5, 0.6) is 0 Å². The number of hydrogen-bond donors (Lipinski definition) is 2. The average Bonchev–Trinajstić information content (AvgIpc) is 3.36. The third-order valence-electron chi connectivity index (χ3n) is 6.44. The molecule has 0 bridgehead atoms. The average molecular weight is 354 g/mol. The number of hydrogen-bond acceptors (Lipinski definition) is 5. The highest BCUT2D eigenvalue weighted by molar-refractivity contribution is 6.07. The van der Waals surface area contributed by atoms with E-state index >= 15 is 0 Å². The minimum Gasteiger partial charge on any atom is -0.348 e. The summed E-state index contributed by atoms with van der Waals surface area (Å²) in [6.45, 7) is 1.89. The van der Waals surface area contributed by atoms with Gasteiger partial charge in [-0.25, -0.2) is 4.98 Å². The fraction of sp³-hybridized carbons (Fsp3) is 0.650. The molecule has 1 amide bonds. The van der Waals surface area contributed by atoms with Gasteiger partial charge in [-0.05, 0) is 57.4 Å². The molecular formula is C20H26N4O2. The van der Waals surface area contributed by atoms with Crippen LogP contribution in [0.2, 0.25) is 0 Å². The van der Waals surface area contributed by atoms with Crippen molar-refractivity contribution in [2.75, 3.05) is 0 Å². The topological polar surface area (TPSA) is 80.0 Å². The Morgan fingerprint density at radius 2 is 1.88 bits per heavy atom. The summed E-state index contributed by atoms with van der Waals surface area (Å²) >= 11 is 0. The lowest BCUT2D eigenvalue weighted by molar-refractivity contribution is 0.0890. The maximum Gasteiger partial charge on any atom is 0.259 e. The number of aryl methyl sites for hydroxylation is 2. The van der Waals surface area contributed by atoms with Gasteiger partial charge in [0.1, 0.15) is 0 Å². The van der Waals surface area contributed by atoms with Gasteiger partial charge in [0, 0.05) is 23.8 Å². The zero-order chi connectivity index (χ0) is 17.7. The number of amides is 1. The molecule has 2 aromatic heterocycles. The molecule has 2 N–H and O–H groups in total. The van der Waals surface area contributed by atoms with E-state index in [2.05, 4.69) is 20.8 Å². The van der Waals surface area contributed by atoms with Crippen LogP contribution < -0.4 is 10.6 Å². The smallest absolute Gasteiger partial charge is 0.259 e. The van der Waals surface area contributed by atoms with E-state index in [0.29, 0.717) is 17.8 Å². The highest BCUT2D eigenvalue weighted by Crippen LogP contribution is 2.32. The van der Waals surface area contributed by atoms with Crippen molar-refractivity contribution in [2.45, 2.75) is 82.8 Å². The molecule has 26 heavy (non-hydrogen) atoms. The number of aromatic nitrogens is 2. The van der Waals surface area contributed by atoms with Crippen molar-refractivity contribution in [3.05, 3.63) is 22.5 Å². The molecule has 3 aliphatic rings. The lowest BCUT2D eigenvalue weighted by Gasteiger charge is -2.39. The molecule has 2 fully saturated rings. The Morgan fingerprint density at radius 1 is 1.08 bits per heavy atom. The number of nitrogens with one attached hydrogen (secondary N) is 2. The second kappa shape index (κ2) is 6.34. The number of nitrogens with zero attached hydrogens (tertiary/aromatic N) is 2. The molecule has 2 heterocycles. The van der Waals surface area contributed by atoms with Gasteiger partial charge in [0.05, 0.1) is 16.6 Å². The van der Waals surface area contributed by atoms with Gasteiger partial charge in [-0.15, -0.1) is 0 Å². The first-order valence-electron chi connectivity index (χ1n) is 10.1. The summed E-state index contributed by atoms with van der Waals surface area (Å²) in [7, 11) is 0. The molecule has 0 unspecified atom stereocenters. The highest BCUT2D eigenvalue weighted by atomic mass is 16.5. The third kappa shape index (κ3) is 2.62. The van der Waals surface area contributed by atoms with Crippen molar-refractivity contribution < 1.29 is 9.32 Å². The van der Waals surface area contributed by atoms with Crippen molar-refractivity contribution in [2.24, 2.45) is 0 Å². The van der Waals surface area contributed by atoms with E-state index in [9.17, 15) is 4.79 Å². The standard InChI is InChI=1S/C20H26N4O2/c1-11-17-18(13-7-4-8-14(13)23-20(17)26-24-11)19(25)22-16-10-9-15(16)21-12-5-2-3-6-12/h12,15-16,21H,2-10H2,1H3,(H,22,25)/t15-,16+/m1/s1. The summed E-state index contributed by atoms with van der Waals surface area (Å²) in [5, 5.41) is 11.9. The third-order valence-corrected chi connectivity index (χ3v) is 6.44. The van der Waals surface area contributed by atoms with Crippen molar-refractivity contribution in [1.29, 1.82) is 0 Å². The van der Waals surface area contributed by atoms with Gasteiger partial charge in [-0.3, -0.25) is 4.79 Å². The first kappa shape index (κ1) is 16.2. The molecular weight excluding hydrogens is 328 g/mol. The van der Waals surface area contributed by atoms with Crippen LogP contribution in [-0.4, -0.2) is 34.2 Å². The summed E-state index contributed by atoms with van der Waals surface area (Å²) < 4.78 is 5.37. The van der Waals surface area contributed by atoms with E-state index in [1.54, 1.807) is 0 Å². The molecule has 2 atom stereocenters. The monoisotopic (exact) mass is 354 g/mol. The number of rotatable bonds is 4. The van der Waals surface area contributed by atoms with E-state index in [4.69, 9.17) is 4.52 Å². The molecule has 0 aromatic carbocycles. The van der Waals surface area contributed by atoms with Crippen LogP contribution in [0.4, 0.5) is 0 Å². The number of carbonyl (C=O) groups is 1. The SMILES string of the molecule is Cc1noc2nc3c(c(C(=O)N[C@H]4CC[C@H]4NC4CCCC4)c12)CCC3. The zero-order valence-corrected chi connectivity index (χ0v) is 15.3. The normalized spacial score (nSPS) is 25.4. The van der Waals surface area contributed by atoms with E-state index in [1.165, 1.54) is 25.7 Å². The van der Waals surface area contributed by atoms with Gasteiger partial charge < -0.3 is 15.2 Å². The Kier molecular flexibility index (Phi) is 3.96. The molecule has 0 spiro atoms. The summed E-state index contributed by atoms with van der Waals surface area (Å²) in [5.74, 6) is 0.0183. The van der Waals surface area contributed by atoms with Gasteiger partial charge in [0.2, 0.25) is 0 Å². The van der Waals surface area contributed by atoms with E-state index in [0.717, 1.165) is 60.0 Å². The van der Waals surface area contributed by atoms with Crippen LogP contribution in [0.3, 0.4) is 0 Å². The minimum atomic E-state index is 0.0183. The number of carbonyl (C=O) groups excluding carboxylic acids is 1. The molecule has 138 valence electrons. The summed E-state index contributed by atoms with van der Waals surface area (Å²) in [6.07, 6.45) is 10.3. The summed E-state index contributed by atoms with van der Waals surface area (Å²) in [6, 6.07) is 1.27. The van der Waals surface area contributed by atoms with Crippen LogP contribution in [0.25, 0.3) is 11.1 Å². The van der Waals surface area contributed by atoms with Gasteiger partial charge in [0.15, 0.2) is 0 Å². The second-order valence-electron chi connectivity index (χ2n) is 8.13. The minimum absolute atomic E-state index is 0.0183. The molecule has 0 aliphatic heterocycles. The molecule has 0 saturated heterocycles. The fourth-order valence-electron chi connectivity index (χ4n) is 4.87. The lowest BCUT2D eigenvalue weighted by Crippen LogP contribution is -2.58. The number of fused-ring (bicyclic) bond motifs is 2. The van der Waals surface area contributed by atoms with E-state index < -0.39 is 0 Å². The van der Waals surface area contributed by atoms with Gasteiger partial charge >= 0.3 is 0 Å². The lowest BCUT2D eigenvalue weighted by atomic mass is 9.85. The Bertz CT molecular complexity index is 853. The maximum atomic E-state index is 13.2. The van der Waals surface area contributed by atoms with Crippen LogP contribution in [0, 0.1) is 6.92 Å². The molecule has 6 heteroatoms. The predicted molar refractivity (Wildman–Crippen MR) is 98.2 cm³/mol. The van der Waals surface area contributed by atoms with Crippen LogP contribution >= 0.6 is 0 Å². The quantitative estimate of drug-likeness (QED) is 0.882. The molecule has 5 rings (SSSR count). The largest absolute Gasteiger partial charge is 0.348 e.